The van der Waals surface area contributed by atoms with E-state index < -0.39 is 0 Å². The smallest absolute Gasteiger partial charge is 0.224 e. The van der Waals surface area contributed by atoms with Crippen molar-refractivity contribution in [2.45, 2.75) is 45.7 Å². The minimum absolute atomic E-state index is 0.0145. The summed E-state index contributed by atoms with van der Waals surface area (Å²) in [6.45, 7) is 8.23. The molecule has 4 heteroatoms. The first-order chi connectivity index (χ1) is 7.81. The first-order valence-electron chi connectivity index (χ1n) is 6.60. The normalized spacial score (nSPS) is 41.2. The molecule has 1 saturated carbocycles. The van der Waals surface area contributed by atoms with E-state index in [0.717, 1.165) is 13.0 Å². The predicted octanol–water partition coefficient (Wildman–Crippen LogP) is 0.556. The van der Waals surface area contributed by atoms with Crippen LogP contribution >= 0.6 is 0 Å². The summed E-state index contributed by atoms with van der Waals surface area (Å²) in [5, 5.41) is 0. The van der Waals surface area contributed by atoms with Crippen molar-refractivity contribution in [2.24, 2.45) is 28.7 Å². The van der Waals surface area contributed by atoms with Crippen LogP contribution in [0.15, 0.2) is 0 Å². The Morgan fingerprint density at radius 1 is 1.41 bits per heavy atom. The Bertz CT molecular complexity index is 316. The molecule has 1 amide bonds. The maximum absolute atomic E-state index is 11.8. The molecule has 2 fully saturated rings. The fourth-order valence-corrected chi connectivity index (χ4v) is 3.62. The molecule has 4 nitrogen and oxygen atoms in total. The van der Waals surface area contributed by atoms with Crippen molar-refractivity contribution < 1.29 is 4.79 Å². The molecule has 4 N–H and O–H groups in total. The van der Waals surface area contributed by atoms with Gasteiger partial charge in [0, 0.05) is 31.6 Å². The average molecular weight is 239 g/mol. The van der Waals surface area contributed by atoms with E-state index in [2.05, 4.69) is 20.8 Å². The van der Waals surface area contributed by atoms with Gasteiger partial charge in [-0.15, -0.1) is 0 Å². The van der Waals surface area contributed by atoms with Gasteiger partial charge in [0.25, 0.3) is 0 Å². The van der Waals surface area contributed by atoms with E-state index in [4.69, 9.17) is 11.5 Å². The first kappa shape index (κ1) is 12.8. The molecule has 98 valence electrons. The van der Waals surface area contributed by atoms with Crippen LogP contribution in [0.4, 0.5) is 0 Å². The number of nitrogens with two attached hydrogens (primary N) is 2. The predicted molar refractivity (Wildman–Crippen MR) is 68.2 cm³/mol. The second-order valence-corrected chi connectivity index (χ2v) is 6.62. The molecule has 1 aliphatic carbocycles. The third-order valence-electron chi connectivity index (χ3n) is 4.64. The lowest BCUT2D eigenvalue weighted by atomic mass is 9.80. The number of likely N-dealkylation sites (tertiary alicyclic amines) is 1. The fraction of sp³-hybridized carbons (Fsp3) is 0.923. The average Bonchev–Trinajstić information content (AvgIpc) is 2.59. The quantitative estimate of drug-likeness (QED) is 0.739. The van der Waals surface area contributed by atoms with Crippen LogP contribution in [0.1, 0.15) is 33.6 Å². The third kappa shape index (κ3) is 2.33. The molecule has 0 spiro atoms. The summed E-state index contributed by atoms with van der Waals surface area (Å²) in [6, 6.07) is 0.218. The van der Waals surface area contributed by atoms with Crippen LogP contribution < -0.4 is 11.5 Å². The second kappa shape index (κ2) is 4.25. The van der Waals surface area contributed by atoms with Gasteiger partial charge < -0.3 is 16.4 Å². The third-order valence-corrected chi connectivity index (χ3v) is 4.64. The van der Waals surface area contributed by atoms with E-state index in [1.807, 2.05) is 4.90 Å². The van der Waals surface area contributed by atoms with Gasteiger partial charge >= 0.3 is 0 Å². The SMILES string of the molecule is CC1CC(C)(C)C(CN2CC(N)CC2=O)C1N. The van der Waals surface area contributed by atoms with E-state index in [1.54, 1.807) is 0 Å². The summed E-state index contributed by atoms with van der Waals surface area (Å²) in [5.74, 6) is 1.13. The molecule has 0 aromatic carbocycles. The number of hydrogen-bond acceptors (Lipinski definition) is 3. The minimum atomic E-state index is 0.0145. The van der Waals surface area contributed by atoms with Crippen LogP contribution in [0.2, 0.25) is 0 Å². The van der Waals surface area contributed by atoms with Gasteiger partial charge in [-0.25, -0.2) is 0 Å². The van der Waals surface area contributed by atoms with Crippen LogP contribution in [-0.4, -0.2) is 36.0 Å². The van der Waals surface area contributed by atoms with Gasteiger partial charge in [0.15, 0.2) is 0 Å². The lowest BCUT2D eigenvalue weighted by Gasteiger charge is -2.33. The number of rotatable bonds is 2. The summed E-state index contributed by atoms with van der Waals surface area (Å²) in [7, 11) is 0. The zero-order valence-electron chi connectivity index (χ0n) is 11.1. The molecule has 4 atom stereocenters. The van der Waals surface area contributed by atoms with Crippen molar-refractivity contribution in [3.8, 4) is 0 Å². The Morgan fingerprint density at radius 2 is 2.06 bits per heavy atom. The highest BCUT2D eigenvalue weighted by molar-refractivity contribution is 5.79. The Hall–Kier alpha value is -0.610. The number of amides is 1. The van der Waals surface area contributed by atoms with E-state index in [0.29, 0.717) is 24.8 Å². The molecule has 17 heavy (non-hydrogen) atoms. The van der Waals surface area contributed by atoms with Gasteiger partial charge in [0.05, 0.1) is 0 Å². The summed E-state index contributed by atoms with van der Waals surface area (Å²) < 4.78 is 0. The molecule has 0 bridgehead atoms. The highest BCUT2D eigenvalue weighted by atomic mass is 16.2. The van der Waals surface area contributed by atoms with Crippen LogP contribution in [-0.2, 0) is 4.79 Å². The standard InChI is InChI=1S/C13H25N3O/c1-8-5-13(2,3)10(12(8)15)7-16-6-9(14)4-11(16)17/h8-10,12H,4-7,14-15H2,1-3H3. The maximum Gasteiger partial charge on any atom is 0.224 e. The molecule has 1 saturated heterocycles. The largest absolute Gasteiger partial charge is 0.341 e. The zero-order valence-corrected chi connectivity index (χ0v) is 11.1. The molecule has 0 radical (unpaired) electrons. The summed E-state index contributed by atoms with van der Waals surface area (Å²) >= 11 is 0. The molecule has 2 rings (SSSR count). The van der Waals surface area contributed by atoms with E-state index >= 15 is 0 Å². The highest BCUT2D eigenvalue weighted by Gasteiger charge is 2.46. The number of nitrogens with zero attached hydrogens (tertiary/aromatic N) is 1. The second-order valence-electron chi connectivity index (χ2n) is 6.62. The van der Waals surface area contributed by atoms with Gasteiger partial charge in [-0.05, 0) is 23.7 Å². The highest BCUT2D eigenvalue weighted by Crippen LogP contribution is 2.45. The summed E-state index contributed by atoms with van der Waals surface area (Å²) in [6.07, 6.45) is 1.64. The fourth-order valence-electron chi connectivity index (χ4n) is 3.62. The van der Waals surface area contributed by atoms with Crippen molar-refractivity contribution in [3.63, 3.8) is 0 Å². The number of hydrogen-bond donors (Lipinski definition) is 2. The molecule has 2 aliphatic rings. The van der Waals surface area contributed by atoms with Crippen molar-refractivity contribution in [1.29, 1.82) is 0 Å². The Balaban J connectivity index is 2.05. The molecule has 1 aliphatic heterocycles. The monoisotopic (exact) mass is 239 g/mol. The molecule has 0 aromatic heterocycles. The Kier molecular flexibility index (Phi) is 3.21. The minimum Gasteiger partial charge on any atom is -0.341 e. The van der Waals surface area contributed by atoms with Crippen molar-refractivity contribution in [1.82, 2.24) is 4.90 Å². The maximum atomic E-state index is 11.8. The summed E-state index contributed by atoms with van der Waals surface area (Å²) in [5.41, 5.74) is 12.3. The van der Waals surface area contributed by atoms with Crippen LogP contribution in [0, 0.1) is 17.3 Å². The van der Waals surface area contributed by atoms with E-state index in [9.17, 15) is 4.79 Å². The molecule has 0 aromatic rings. The number of carbonyl (C=O) groups excluding carboxylic acids is 1. The lowest BCUT2D eigenvalue weighted by Crippen LogP contribution is -2.43. The van der Waals surface area contributed by atoms with Crippen LogP contribution in [0.5, 0.6) is 0 Å². The van der Waals surface area contributed by atoms with Gasteiger partial charge in [-0.2, -0.15) is 0 Å². The molecular weight excluding hydrogens is 214 g/mol. The molecular formula is C13H25N3O. The van der Waals surface area contributed by atoms with Crippen LogP contribution in [0.25, 0.3) is 0 Å². The Labute approximate surface area is 104 Å². The van der Waals surface area contributed by atoms with Gasteiger partial charge in [0.1, 0.15) is 0 Å². The Morgan fingerprint density at radius 3 is 2.47 bits per heavy atom. The van der Waals surface area contributed by atoms with Gasteiger partial charge in [-0.3, -0.25) is 4.79 Å². The first-order valence-corrected chi connectivity index (χ1v) is 6.60. The molecule has 4 unspecified atom stereocenters. The van der Waals surface area contributed by atoms with E-state index in [-0.39, 0.29) is 23.4 Å². The lowest BCUT2D eigenvalue weighted by molar-refractivity contribution is -0.128. The topological polar surface area (TPSA) is 72.3 Å². The zero-order chi connectivity index (χ0) is 12.8. The van der Waals surface area contributed by atoms with Crippen molar-refractivity contribution >= 4 is 5.91 Å². The van der Waals surface area contributed by atoms with Crippen molar-refractivity contribution in [2.75, 3.05) is 13.1 Å². The summed E-state index contributed by atoms with van der Waals surface area (Å²) in [4.78, 5) is 13.7. The molecule has 1 heterocycles. The van der Waals surface area contributed by atoms with E-state index in [1.165, 1.54) is 0 Å². The van der Waals surface area contributed by atoms with Gasteiger partial charge in [-0.1, -0.05) is 20.8 Å². The van der Waals surface area contributed by atoms with Crippen LogP contribution in [0.3, 0.4) is 0 Å². The van der Waals surface area contributed by atoms with Gasteiger partial charge in [0.2, 0.25) is 5.91 Å². The number of carbonyl (C=O) groups is 1. The van der Waals surface area contributed by atoms with Crippen molar-refractivity contribution in [3.05, 3.63) is 0 Å².